The van der Waals surface area contributed by atoms with Crippen molar-refractivity contribution in [3.05, 3.63) is 232 Å². The van der Waals surface area contributed by atoms with Gasteiger partial charge < -0.3 is 76.5 Å². The zero-order valence-corrected chi connectivity index (χ0v) is 84.3. The molecular formula is C92H100Cl6N12O18S5. The maximum Gasteiger partial charge on any atom is 0.509 e. The van der Waals surface area contributed by atoms with E-state index in [0.717, 1.165) is 70.6 Å². The van der Waals surface area contributed by atoms with Gasteiger partial charge in [-0.05, 0) is 202 Å². The fraction of sp³-hybridized carbons (Fsp3) is 0.337. The van der Waals surface area contributed by atoms with E-state index in [1.54, 1.807) is 193 Å². The molecule has 41 heteroatoms. The maximum atomic E-state index is 13.2. The van der Waals surface area contributed by atoms with E-state index >= 15 is 0 Å². The Labute approximate surface area is 818 Å². The SMILES string of the molecule is CC(C)(C)OC(=O)N(Cc1ccco1)c1cc(Cl)nc2cc(C=O)sc12.CC(C)(C)OC(=O)OCc1cc2nc(Cl)cc(N(Cc3ccco3)C(=O)OC(C)(C)C)c2s1.CN(Cc1cc2nc(Cl)cc(N(Cc3ccco3)C(=O)OC(C)(C)C)c2s1)C(=O)OC(C)(C)C.CNCc1cc2nc(Cl)cc(NCc3ccco3)c2s1.Cl.OCc1cc2nc(Cl)cc(NCc3ccco3)c2s1. The predicted molar refractivity (Wildman–Crippen MR) is 529 cm³/mol. The minimum atomic E-state index is -0.764. The Balaban J connectivity index is 0.000000175. The van der Waals surface area contributed by atoms with Gasteiger partial charge in [-0.2, -0.15) is 0 Å². The second-order valence-corrected chi connectivity index (χ2v) is 41.7. The number of hydrogen-bond donors (Lipinski definition) is 4. The smallest absolute Gasteiger partial charge is 0.467 e. The molecule has 0 fully saturated rings. The molecule has 15 aromatic heterocycles. The van der Waals surface area contributed by atoms with Crippen molar-refractivity contribution < 1.29 is 84.4 Å². The lowest BCUT2D eigenvalue weighted by atomic mass is 10.2. The van der Waals surface area contributed by atoms with Crippen molar-refractivity contribution >= 4 is 243 Å². The number of aldehydes is 1. The molecule has 0 unspecified atom stereocenters. The van der Waals surface area contributed by atoms with E-state index in [-0.39, 0.29) is 60.7 Å². The number of furan rings is 5. The number of aliphatic hydroxyl groups excluding tert-OH is 1. The number of aromatic nitrogens is 5. The van der Waals surface area contributed by atoms with Crippen LogP contribution in [0.5, 0.6) is 0 Å². The standard InChI is InChI=1S/C24H30ClN3O5S.C23H27ClN2O6S.C18H17ClN2O4S.C14H14ClN3OS.C13H11ClN2O2S.ClH/c1-23(2,3)32-21(29)27(7)14-16-11-17-20(34-16)18(12-19(25)26-17)28(13-15-9-8-10-31-15)22(30)33-24(4,5)6;1-22(2,3)31-20(27)26(12-14-8-7-9-29-14)17-11-18(24)25-16-10-15(33-19(16)17)13-30-21(28)32-23(4,5)6;1-18(2,3)25-17(23)21(9-11-5-4-6-24-11)14-8-15(19)20-13-7-12(10-22)26-16(13)14;1-16-8-10-5-12-14(20-10)11(6-13(15)18-12)17-7-9-3-2-4-19-9;14-12-5-10(15-6-8-2-1-3-18-8)13-11(16-12)4-9(7-17)19-13;/h8-12H,13-14H2,1-7H3;7-11H,12-13H2,1-6H3;4-8,10H,9H2,1-3H3;2-6,16H,7-8H2,1H3,(H,17,18);1-5,17H,6-7H2,(H,15,16);1H. The van der Waals surface area contributed by atoms with Gasteiger partial charge in [-0.25, -0.2) is 48.9 Å². The molecule has 0 aliphatic carbocycles. The largest absolute Gasteiger partial charge is 0.509 e. The average Bonchev–Trinajstić information content (AvgIpc) is 1.64. The van der Waals surface area contributed by atoms with Crippen molar-refractivity contribution in [2.24, 2.45) is 0 Å². The number of amides is 4. The summed E-state index contributed by atoms with van der Waals surface area (Å²) in [4.78, 5) is 106. The average molecular weight is 2030 g/mol. The monoisotopic (exact) mass is 2030 g/mol. The minimum Gasteiger partial charge on any atom is -0.467 e. The van der Waals surface area contributed by atoms with Crippen molar-refractivity contribution in [3.63, 3.8) is 0 Å². The lowest BCUT2D eigenvalue weighted by Gasteiger charge is -2.27. The molecule has 15 heterocycles. The minimum absolute atomic E-state index is 0. The van der Waals surface area contributed by atoms with Gasteiger partial charge in [0.15, 0.2) is 6.29 Å². The van der Waals surface area contributed by atoms with Gasteiger partial charge in [0.1, 0.15) is 89.2 Å². The first kappa shape index (κ1) is 104. The van der Waals surface area contributed by atoms with Gasteiger partial charge in [0, 0.05) is 63.4 Å². The van der Waals surface area contributed by atoms with Crippen LogP contribution in [-0.4, -0.2) is 114 Å². The summed E-state index contributed by atoms with van der Waals surface area (Å²) >= 11 is 38.1. The molecule has 0 saturated carbocycles. The van der Waals surface area contributed by atoms with Crippen LogP contribution < -0.4 is 30.7 Å². The summed E-state index contributed by atoms with van der Waals surface area (Å²) < 4.78 is 63.8. The molecule has 0 aromatic carbocycles. The van der Waals surface area contributed by atoms with Crippen molar-refractivity contribution in [3.8, 4) is 0 Å². The number of halogens is 6. The Bertz CT molecular complexity index is 6410. The van der Waals surface area contributed by atoms with Gasteiger partial charge in [-0.15, -0.1) is 69.1 Å². The maximum absolute atomic E-state index is 13.2. The summed E-state index contributed by atoms with van der Waals surface area (Å²) in [6, 6.07) is 35.8. The highest BCUT2D eigenvalue weighted by Crippen LogP contribution is 2.43. The molecule has 0 saturated heterocycles. The first-order chi connectivity index (χ1) is 62.3. The lowest BCUT2D eigenvalue weighted by Crippen LogP contribution is -2.36. The van der Waals surface area contributed by atoms with E-state index in [2.05, 4.69) is 46.9 Å². The van der Waals surface area contributed by atoms with Crippen LogP contribution in [0.2, 0.25) is 25.8 Å². The zero-order valence-electron chi connectivity index (χ0n) is 75.6. The van der Waals surface area contributed by atoms with Crippen LogP contribution in [0.3, 0.4) is 0 Å². The first-order valence-electron chi connectivity index (χ1n) is 40.9. The highest BCUT2D eigenvalue weighted by atomic mass is 35.5. The molecule has 0 spiro atoms. The number of fused-ring (bicyclic) bond motifs is 5. The molecular weight excluding hydrogens is 1930 g/mol. The van der Waals surface area contributed by atoms with Gasteiger partial charge in [-0.3, -0.25) is 19.5 Å². The third-order valence-corrected chi connectivity index (χ3v) is 23.9. The van der Waals surface area contributed by atoms with Gasteiger partial charge in [0.25, 0.3) is 0 Å². The van der Waals surface area contributed by atoms with Crippen molar-refractivity contribution in [1.29, 1.82) is 0 Å². The van der Waals surface area contributed by atoms with Crippen LogP contribution in [0.1, 0.15) is 162 Å². The summed E-state index contributed by atoms with van der Waals surface area (Å²) in [5.41, 5.74) is 3.63. The van der Waals surface area contributed by atoms with E-state index in [4.69, 9.17) is 109 Å². The highest BCUT2D eigenvalue weighted by Gasteiger charge is 2.33. The number of aliphatic hydroxyl groups is 1. The van der Waals surface area contributed by atoms with Crippen LogP contribution in [0, 0.1) is 0 Å². The number of hydrogen-bond acceptors (Lipinski definition) is 31. The van der Waals surface area contributed by atoms with Crippen molar-refractivity contribution in [2.45, 2.75) is 191 Å². The Morgan fingerprint density at radius 2 is 0.714 bits per heavy atom. The molecule has 708 valence electrons. The fourth-order valence-electron chi connectivity index (χ4n) is 12.1. The van der Waals surface area contributed by atoms with Crippen LogP contribution in [-0.2, 0) is 87.4 Å². The van der Waals surface area contributed by atoms with Crippen LogP contribution in [0.25, 0.3) is 51.1 Å². The van der Waals surface area contributed by atoms with Crippen LogP contribution >= 0.6 is 127 Å². The van der Waals surface area contributed by atoms with Crippen molar-refractivity contribution in [2.75, 3.05) is 39.4 Å². The number of nitrogens with zero attached hydrogens (tertiary/aromatic N) is 9. The summed E-state index contributed by atoms with van der Waals surface area (Å²) in [6.45, 7) is 29.7. The summed E-state index contributed by atoms with van der Waals surface area (Å²) in [6.07, 6.45) is 5.85. The fourth-order valence-corrected chi connectivity index (χ4v) is 18.3. The molecule has 4 N–H and O–H groups in total. The third-order valence-electron chi connectivity index (χ3n) is 17.3. The Kier molecular flexibility index (Phi) is 36.1. The summed E-state index contributed by atoms with van der Waals surface area (Å²) in [7, 11) is 3.60. The number of thiophene rings is 5. The molecule has 0 aliphatic heterocycles. The van der Waals surface area contributed by atoms with Crippen LogP contribution in [0.4, 0.5) is 52.4 Å². The number of carbonyl (C=O) groups excluding carboxylic acids is 6. The van der Waals surface area contributed by atoms with Gasteiger partial charge in [0.05, 0.1) is 162 Å². The zero-order chi connectivity index (χ0) is 95.7. The number of nitrogens with one attached hydrogen (secondary N) is 3. The van der Waals surface area contributed by atoms with E-state index in [9.17, 15) is 33.9 Å². The van der Waals surface area contributed by atoms with E-state index in [0.29, 0.717) is 100.0 Å². The van der Waals surface area contributed by atoms with Gasteiger partial charge in [-0.1, -0.05) is 58.0 Å². The second-order valence-electron chi connectivity index (χ2n) is 34.1. The topological polar surface area (TPSA) is 357 Å². The molecule has 0 bridgehead atoms. The molecule has 0 aliphatic rings. The predicted octanol–water partition coefficient (Wildman–Crippen LogP) is 27.0. The molecule has 30 nitrogen and oxygen atoms in total. The summed E-state index contributed by atoms with van der Waals surface area (Å²) in [5, 5.41) is 20.6. The van der Waals surface area contributed by atoms with E-state index < -0.39 is 58.5 Å². The van der Waals surface area contributed by atoms with E-state index in [1.165, 1.54) is 82.4 Å². The number of anilines is 5. The normalized spacial score (nSPS) is 11.5. The Morgan fingerprint density at radius 1 is 0.398 bits per heavy atom. The molecule has 4 amide bonds. The molecule has 0 radical (unpaired) electrons. The number of carbonyl (C=O) groups is 6. The Hall–Kier alpha value is -10.8. The number of ether oxygens (including phenoxy) is 6. The summed E-state index contributed by atoms with van der Waals surface area (Å²) in [5.74, 6) is 3.49. The number of rotatable bonds is 23. The molecule has 133 heavy (non-hydrogen) atoms. The molecule has 15 aromatic rings. The van der Waals surface area contributed by atoms with Gasteiger partial charge in [0.2, 0.25) is 0 Å². The molecule has 15 rings (SSSR count). The quantitative estimate of drug-likeness (QED) is 0.0200. The van der Waals surface area contributed by atoms with Crippen molar-refractivity contribution in [1.82, 2.24) is 35.1 Å². The molecule has 0 atom stereocenters. The lowest BCUT2D eigenvalue weighted by molar-refractivity contribution is -0.0105. The first-order valence-corrected chi connectivity index (χ1v) is 46.9. The third kappa shape index (κ3) is 31.1. The second kappa shape index (κ2) is 46.0. The van der Waals surface area contributed by atoms with Crippen LogP contribution in [0.15, 0.2) is 175 Å². The highest BCUT2D eigenvalue weighted by molar-refractivity contribution is 7.21. The number of pyridine rings is 5. The van der Waals surface area contributed by atoms with Gasteiger partial charge >= 0.3 is 30.5 Å². The van der Waals surface area contributed by atoms with E-state index in [1.807, 2.05) is 70.3 Å². The Morgan fingerprint density at radius 3 is 1.08 bits per heavy atom.